The van der Waals surface area contributed by atoms with E-state index in [4.69, 9.17) is 4.74 Å². The largest absolute Gasteiger partial charge is 0.484 e. The van der Waals surface area contributed by atoms with E-state index in [1.807, 2.05) is 11.8 Å². The van der Waals surface area contributed by atoms with Crippen molar-refractivity contribution in [2.75, 3.05) is 18.0 Å². The highest BCUT2D eigenvalue weighted by Gasteiger charge is 2.33. The molecule has 0 saturated carbocycles. The summed E-state index contributed by atoms with van der Waals surface area (Å²) < 4.78 is 36.3. The lowest BCUT2D eigenvalue weighted by Gasteiger charge is -2.34. The van der Waals surface area contributed by atoms with Crippen LogP contribution in [0.5, 0.6) is 5.75 Å². The first-order chi connectivity index (χ1) is 16.6. The number of aromatic nitrogens is 9. The van der Waals surface area contributed by atoms with Crippen LogP contribution in [0, 0.1) is 5.82 Å². The monoisotopic (exact) mass is 484 g/mol. The Morgan fingerprint density at radius 3 is 2.69 bits per heavy atom. The molecule has 0 spiro atoms. The number of ether oxygens (including phenoxy) is 1. The summed E-state index contributed by atoms with van der Waals surface area (Å²) >= 11 is 0. The molecule has 13 heteroatoms. The van der Waals surface area contributed by atoms with Gasteiger partial charge in [0.2, 0.25) is 5.95 Å². The average molecular weight is 485 g/mol. The SMILES string of the molecule is C.CCc1cnc(N2CC[C@H](n3ncc(COc4ccc(-n5cnnn5)cc4F)n3)[C@@H](F)C2)nc1. The second-order valence-electron chi connectivity index (χ2n) is 7.88. The number of anilines is 1. The van der Waals surface area contributed by atoms with Gasteiger partial charge >= 0.3 is 0 Å². The topological polar surface area (TPSA) is 113 Å². The van der Waals surface area contributed by atoms with E-state index in [-0.39, 0.29) is 26.3 Å². The van der Waals surface area contributed by atoms with Crippen LogP contribution in [0.3, 0.4) is 0 Å². The van der Waals surface area contributed by atoms with Gasteiger partial charge in [0.1, 0.15) is 30.8 Å². The van der Waals surface area contributed by atoms with Gasteiger partial charge in [-0.1, -0.05) is 14.4 Å². The molecule has 1 saturated heterocycles. The summed E-state index contributed by atoms with van der Waals surface area (Å²) in [7, 11) is 0. The summed E-state index contributed by atoms with van der Waals surface area (Å²) in [5.41, 5.74) is 1.97. The van der Waals surface area contributed by atoms with Gasteiger partial charge < -0.3 is 9.64 Å². The number of rotatable bonds is 7. The molecule has 0 N–H and O–H groups in total. The third-order valence-electron chi connectivity index (χ3n) is 5.65. The second-order valence-corrected chi connectivity index (χ2v) is 7.88. The van der Waals surface area contributed by atoms with E-state index in [1.54, 1.807) is 18.5 Å². The van der Waals surface area contributed by atoms with Crippen LogP contribution in [0.1, 0.15) is 38.1 Å². The van der Waals surface area contributed by atoms with E-state index < -0.39 is 18.0 Å². The Labute approximate surface area is 200 Å². The van der Waals surface area contributed by atoms with Crippen LogP contribution in [0.25, 0.3) is 5.69 Å². The van der Waals surface area contributed by atoms with E-state index in [2.05, 4.69) is 35.7 Å². The van der Waals surface area contributed by atoms with Crippen LogP contribution in [-0.2, 0) is 13.0 Å². The fraction of sp³-hybridized carbons (Fsp3) is 0.409. The first-order valence-electron chi connectivity index (χ1n) is 10.9. The zero-order chi connectivity index (χ0) is 23.5. The van der Waals surface area contributed by atoms with Crippen molar-refractivity contribution in [1.29, 1.82) is 0 Å². The summed E-state index contributed by atoms with van der Waals surface area (Å²) in [4.78, 5) is 11.9. The number of piperidine rings is 1. The summed E-state index contributed by atoms with van der Waals surface area (Å²) in [6, 6.07) is 3.88. The molecule has 0 unspecified atom stereocenters. The van der Waals surface area contributed by atoms with Crippen LogP contribution < -0.4 is 9.64 Å². The van der Waals surface area contributed by atoms with Gasteiger partial charge in [-0.25, -0.2) is 23.4 Å². The number of tetrazole rings is 1. The van der Waals surface area contributed by atoms with Crippen molar-refractivity contribution in [2.24, 2.45) is 0 Å². The van der Waals surface area contributed by atoms with Crippen molar-refractivity contribution >= 4 is 5.95 Å². The van der Waals surface area contributed by atoms with Gasteiger partial charge in [0.05, 0.1) is 18.4 Å². The van der Waals surface area contributed by atoms with Gasteiger partial charge in [-0.3, -0.25) is 0 Å². The summed E-state index contributed by atoms with van der Waals surface area (Å²) in [6.07, 6.45) is 6.56. The Morgan fingerprint density at radius 1 is 1.17 bits per heavy atom. The zero-order valence-electron chi connectivity index (χ0n) is 18.4. The highest BCUT2D eigenvalue weighted by molar-refractivity contribution is 5.37. The molecule has 0 aliphatic carbocycles. The molecule has 0 radical (unpaired) electrons. The molecule has 3 aromatic heterocycles. The molecule has 184 valence electrons. The molecule has 1 aliphatic rings. The Bertz CT molecular complexity index is 1230. The molecule has 35 heavy (non-hydrogen) atoms. The summed E-state index contributed by atoms with van der Waals surface area (Å²) in [5.74, 6) is 0.0110. The van der Waals surface area contributed by atoms with E-state index in [9.17, 15) is 8.78 Å². The van der Waals surface area contributed by atoms with E-state index >= 15 is 0 Å². The van der Waals surface area contributed by atoms with Crippen LogP contribution in [-0.4, -0.2) is 64.4 Å². The predicted octanol–water partition coefficient (Wildman–Crippen LogP) is 2.75. The summed E-state index contributed by atoms with van der Waals surface area (Å²) in [5, 5.41) is 19.3. The molecule has 4 heterocycles. The highest BCUT2D eigenvalue weighted by Crippen LogP contribution is 2.27. The van der Waals surface area contributed by atoms with Gasteiger partial charge in [-0.05, 0) is 41.0 Å². The van der Waals surface area contributed by atoms with E-state index in [0.717, 1.165) is 12.0 Å². The Morgan fingerprint density at radius 2 is 2.00 bits per heavy atom. The lowest BCUT2D eigenvalue weighted by Crippen LogP contribution is -2.44. The molecule has 1 fully saturated rings. The van der Waals surface area contributed by atoms with Crippen LogP contribution in [0.4, 0.5) is 14.7 Å². The fourth-order valence-corrected chi connectivity index (χ4v) is 3.74. The lowest BCUT2D eigenvalue weighted by molar-refractivity contribution is 0.172. The molecule has 11 nitrogen and oxygen atoms in total. The lowest BCUT2D eigenvalue weighted by atomic mass is 10.0. The minimum atomic E-state index is -1.19. The molecule has 4 aromatic rings. The molecular formula is C22H26F2N10O. The zero-order valence-corrected chi connectivity index (χ0v) is 18.4. The fourth-order valence-electron chi connectivity index (χ4n) is 3.74. The number of hydrogen-bond donors (Lipinski definition) is 0. The number of halogens is 2. The molecule has 5 rings (SSSR count). The normalized spacial score (nSPS) is 17.7. The van der Waals surface area contributed by atoms with Crippen LogP contribution >= 0.6 is 0 Å². The van der Waals surface area contributed by atoms with Gasteiger partial charge in [0.15, 0.2) is 11.6 Å². The quantitative estimate of drug-likeness (QED) is 0.391. The summed E-state index contributed by atoms with van der Waals surface area (Å²) in [6.45, 7) is 2.77. The van der Waals surface area contributed by atoms with Gasteiger partial charge in [0.25, 0.3) is 0 Å². The third kappa shape index (κ3) is 5.23. The number of benzene rings is 1. The Hall–Kier alpha value is -4.03. The van der Waals surface area contributed by atoms with Gasteiger partial charge in [-0.15, -0.1) is 5.10 Å². The maximum Gasteiger partial charge on any atom is 0.225 e. The average Bonchev–Trinajstić information content (AvgIpc) is 3.56. The van der Waals surface area contributed by atoms with Crippen LogP contribution in [0.15, 0.2) is 43.1 Å². The number of hydrogen-bond acceptors (Lipinski definition) is 9. The van der Waals surface area contributed by atoms with E-state index in [0.29, 0.717) is 30.3 Å². The molecule has 1 aromatic carbocycles. The van der Waals surface area contributed by atoms with Gasteiger partial charge in [0, 0.05) is 25.0 Å². The molecular weight excluding hydrogens is 458 g/mol. The molecule has 1 aliphatic heterocycles. The van der Waals surface area contributed by atoms with Crippen molar-refractivity contribution in [2.45, 2.75) is 46.0 Å². The predicted molar refractivity (Wildman–Crippen MR) is 122 cm³/mol. The first kappa shape index (κ1) is 24.1. The van der Waals surface area contributed by atoms with E-state index in [1.165, 1.54) is 34.1 Å². The second kappa shape index (κ2) is 10.5. The Kier molecular flexibility index (Phi) is 7.22. The minimum Gasteiger partial charge on any atom is -0.484 e. The number of nitrogens with zero attached hydrogens (tertiary/aromatic N) is 10. The maximum absolute atomic E-state index is 15.0. The van der Waals surface area contributed by atoms with Crippen molar-refractivity contribution in [3.63, 3.8) is 0 Å². The number of alkyl halides is 1. The van der Waals surface area contributed by atoms with Crippen molar-refractivity contribution < 1.29 is 13.5 Å². The smallest absolute Gasteiger partial charge is 0.225 e. The minimum absolute atomic E-state index is 0. The Balaban J connectivity index is 0.00000289. The van der Waals surface area contributed by atoms with Crippen molar-refractivity contribution in [3.8, 4) is 11.4 Å². The van der Waals surface area contributed by atoms with Crippen molar-refractivity contribution in [1.82, 2.24) is 45.2 Å². The maximum atomic E-state index is 15.0. The molecule has 2 atom stereocenters. The van der Waals surface area contributed by atoms with Crippen molar-refractivity contribution in [3.05, 3.63) is 60.2 Å². The first-order valence-corrected chi connectivity index (χ1v) is 10.9. The number of aryl methyl sites for hydroxylation is 1. The standard InChI is InChI=1S/C21H22F2N10O.CH4/c1-2-14-8-24-21(25-9-14)31-6-5-19(18(23)11-31)33-27-10-15(28-33)12-34-20-4-3-16(7-17(20)22)32-13-26-29-30-32;/h3-4,7-10,13,18-19H,2,5-6,11-12H2,1H3;1H4/t18-,19-;/m0./s1. The highest BCUT2D eigenvalue weighted by atomic mass is 19.1. The van der Waals surface area contributed by atoms with Crippen LogP contribution in [0.2, 0.25) is 0 Å². The molecule has 0 amide bonds. The molecule has 0 bridgehead atoms. The van der Waals surface area contributed by atoms with Gasteiger partial charge in [-0.2, -0.15) is 15.0 Å². The third-order valence-corrected chi connectivity index (χ3v) is 5.65.